The first kappa shape index (κ1) is 18.4. The third kappa shape index (κ3) is 3.10. The van der Waals surface area contributed by atoms with Crippen LogP contribution in [0.15, 0.2) is 47.4 Å². The Labute approximate surface area is 172 Å². The SMILES string of the molecule is Cn1c(O)cn(Cc2ccc(-c3ccc4c(nnn4CC4CC4)c3C=O)cc2)c1=O. The summed E-state index contributed by atoms with van der Waals surface area (Å²) in [7, 11) is 1.52. The molecular formula is C22H21N5O3. The van der Waals surface area contributed by atoms with Gasteiger partial charge in [-0.15, -0.1) is 5.10 Å². The summed E-state index contributed by atoms with van der Waals surface area (Å²) in [6, 6.07) is 11.6. The number of hydrogen-bond acceptors (Lipinski definition) is 5. The molecule has 0 atom stereocenters. The van der Waals surface area contributed by atoms with E-state index in [1.54, 1.807) is 0 Å². The number of rotatable bonds is 6. The van der Waals surface area contributed by atoms with Crippen LogP contribution in [-0.2, 0) is 20.1 Å². The molecule has 8 nitrogen and oxygen atoms in total. The van der Waals surface area contributed by atoms with Crippen LogP contribution in [0.5, 0.6) is 5.88 Å². The number of imidazole rings is 1. The predicted octanol–water partition coefficient (Wildman–Crippen LogP) is 2.57. The molecule has 152 valence electrons. The van der Waals surface area contributed by atoms with Gasteiger partial charge in [-0.2, -0.15) is 0 Å². The molecule has 2 heterocycles. The van der Waals surface area contributed by atoms with E-state index in [2.05, 4.69) is 10.3 Å². The average molecular weight is 403 g/mol. The number of benzene rings is 2. The molecule has 2 aromatic heterocycles. The number of aromatic hydroxyl groups is 1. The molecule has 1 fully saturated rings. The zero-order chi connectivity index (χ0) is 20.8. The van der Waals surface area contributed by atoms with Gasteiger partial charge in [-0.05, 0) is 41.5 Å². The molecule has 0 saturated heterocycles. The molecule has 0 spiro atoms. The van der Waals surface area contributed by atoms with E-state index in [1.807, 2.05) is 41.1 Å². The third-order valence-electron chi connectivity index (χ3n) is 5.74. The van der Waals surface area contributed by atoms with E-state index in [0.29, 0.717) is 23.5 Å². The number of fused-ring (bicyclic) bond motifs is 1. The number of nitrogens with zero attached hydrogens (tertiary/aromatic N) is 5. The summed E-state index contributed by atoms with van der Waals surface area (Å²) < 4.78 is 4.53. The summed E-state index contributed by atoms with van der Waals surface area (Å²) in [6.45, 7) is 1.19. The van der Waals surface area contributed by atoms with Crippen molar-refractivity contribution in [3.8, 4) is 17.0 Å². The third-order valence-corrected chi connectivity index (χ3v) is 5.74. The number of carbonyl (C=O) groups is 1. The zero-order valence-electron chi connectivity index (χ0n) is 16.5. The van der Waals surface area contributed by atoms with Crippen molar-refractivity contribution in [2.24, 2.45) is 13.0 Å². The van der Waals surface area contributed by atoms with E-state index in [0.717, 1.165) is 35.0 Å². The predicted molar refractivity (Wildman–Crippen MR) is 112 cm³/mol. The lowest BCUT2D eigenvalue weighted by molar-refractivity contribution is 0.112. The van der Waals surface area contributed by atoms with Crippen molar-refractivity contribution < 1.29 is 9.90 Å². The maximum absolute atomic E-state index is 12.1. The van der Waals surface area contributed by atoms with Crippen LogP contribution in [0.3, 0.4) is 0 Å². The minimum absolute atomic E-state index is 0.0738. The van der Waals surface area contributed by atoms with E-state index in [-0.39, 0.29) is 11.6 Å². The van der Waals surface area contributed by atoms with Gasteiger partial charge in [0.1, 0.15) is 5.52 Å². The van der Waals surface area contributed by atoms with E-state index in [1.165, 1.54) is 35.2 Å². The van der Waals surface area contributed by atoms with E-state index >= 15 is 0 Å². The summed E-state index contributed by atoms with van der Waals surface area (Å²) in [5.74, 6) is 0.594. The maximum atomic E-state index is 12.1. The fourth-order valence-corrected chi connectivity index (χ4v) is 3.78. The molecule has 0 amide bonds. The first-order valence-corrected chi connectivity index (χ1v) is 9.91. The molecule has 2 aromatic carbocycles. The Hall–Kier alpha value is -3.68. The topological polar surface area (TPSA) is 94.9 Å². The smallest absolute Gasteiger partial charge is 0.331 e. The Morgan fingerprint density at radius 2 is 1.93 bits per heavy atom. The molecular weight excluding hydrogens is 382 g/mol. The van der Waals surface area contributed by atoms with Gasteiger partial charge < -0.3 is 5.11 Å². The lowest BCUT2D eigenvalue weighted by atomic mass is 9.98. The van der Waals surface area contributed by atoms with Gasteiger partial charge in [0.25, 0.3) is 0 Å². The normalized spacial score (nSPS) is 13.8. The van der Waals surface area contributed by atoms with Crippen molar-refractivity contribution >= 4 is 17.3 Å². The number of aromatic nitrogens is 5. The zero-order valence-corrected chi connectivity index (χ0v) is 16.5. The van der Waals surface area contributed by atoms with Crippen LogP contribution < -0.4 is 5.69 Å². The number of hydrogen-bond donors (Lipinski definition) is 1. The second-order valence-electron chi connectivity index (χ2n) is 7.88. The Balaban J connectivity index is 1.46. The summed E-state index contributed by atoms with van der Waals surface area (Å²) >= 11 is 0. The summed E-state index contributed by atoms with van der Waals surface area (Å²) in [5, 5.41) is 18.2. The van der Waals surface area contributed by atoms with Gasteiger partial charge in [0.2, 0.25) is 5.88 Å². The molecule has 0 unspecified atom stereocenters. The molecule has 8 heteroatoms. The van der Waals surface area contributed by atoms with Crippen molar-refractivity contribution in [3.63, 3.8) is 0 Å². The molecule has 1 N–H and O–H groups in total. The van der Waals surface area contributed by atoms with Gasteiger partial charge in [0.15, 0.2) is 6.29 Å². The lowest BCUT2D eigenvalue weighted by Crippen LogP contribution is -2.22. The van der Waals surface area contributed by atoms with Gasteiger partial charge in [-0.3, -0.25) is 13.9 Å². The van der Waals surface area contributed by atoms with Crippen LogP contribution in [-0.4, -0.2) is 35.5 Å². The van der Waals surface area contributed by atoms with Crippen molar-refractivity contribution in [2.75, 3.05) is 0 Å². The van der Waals surface area contributed by atoms with Gasteiger partial charge in [-0.1, -0.05) is 35.5 Å². The molecule has 1 saturated carbocycles. The quantitative estimate of drug-likeness (QED) is 0.499. The Morgan fingerprint density at radius 3 is 2.57 bits per heavy atom. The Bertz CT molecular complexity index is 1310. The Morgan fingerprint density at radius 1 is 1.17 bits per heavy atom. The first-order valence-electron chi connectivity index (χ1n) is 9.91. The van der Waals surface area contributed by atoms with Crippen LogP contribution in [0, 0.1) is 5.92 Å². The van der Waals surface area contributed by atoms with Gasteiger partial charge in [0.05, 0.1) is 23.8 Å². The molecule has 1 aliphatic carbocycles. The largest absolute Gasteiger partial charge is 0.493 e. The van der Waals surface area contributed by atoms with Crippen molar-refractivity contribution in [1.82, 2.24) is 24.1 Å². The van der Waals surface area contributed by atoms with Crippen molar-refractivity contribution in [1.29, 1.82) is 0 Å². The lowest BCUT2D eigenvalue weighted by Gasteiger charge is -2.08. The monoisotopic (exact) mass is 403 g/mol. The highest BCUT2D eigenvalue weighted by Crippen LogP contribution is 2.33. The minimum atomic E-state index is -0.278. The number of aldehydes is 1. The summed E-state index contributed by atoms with van der Waals surface area (Å²) in [4.78, 5) is 24.0. The second kappa shape index (κ2) is 6.98. The fourth-order valence-electron chi connectivity index (χ4n) is 3.78. The molecule has 0 aliphatic heterocycles. The van der Waals surface area contributed by atoms with Crippen molar-refractivity contribution in [3.05, 3.63) is 64.2 Å². The average Bonchev–Trinajstić information content (AvgIpc) is 3.44. The Kier molecular flexibility index (Phi) is 4.27. The van der Waals surface area contributed by atoms with Crippen LogP contribution >= 0.6 is 0 Å². The molecule has 30 heavy (non-hydrogen) atoms. The van der Waals surface area contributed by atoms with Crippen LogP contribution in [0.4, 0.5) is 0 Å². The molecule has 0 radical (unpaired) electrons. The van der Waals surface area contributed by atoms with E-state index < -0.39 is 0 Å². The van der Waals surface area contributed by atoms with Gasteiger partial charge >= 0.3 is 5.69 Å². The molecule has 5 rings (SSSR count). The highest BCUT2D eigenvalue weighted by Gasteiger charge is 2.24. The van der Waals surface area contributed by atoms with E-state index in [4.69, 9.17) is 0 Å². The molecule has 1 aliphatic rings. The molecule has 0 bridgehead atoms. The standard InChI is InChI=1S/C22H21N5O3/c1-25-20(29)12-26(22(25)30)10-14-4-6-16(7-5-14)17-8-9-19-21(18(17)13-28)23-24-27(19)11-15-2-3-15/h4-9,12-13,15,29H,2-3,10-11H2,1H3. The maximum Gasteiger partial charge on any atom is 0.331 e. The number of carbonyl (C=O) groups excluding carboxylic acids is 1. The summed E-state index contributed by atoms with van der Waals surface area (Å²) in [6.07, 6.45) is 4.70. The van der Waals surface area contributed by atoms with Crippen LogP contribution in [0.2, 0.25) is 0 Å². The fraction of sp³-hybridized carbons (Fsp3) is 0.273. The van der Waals surface area contributed by atoms with Crippen LogP contribution in [0.1, 0.15) is 28.8 Å². The second-order valence-corrected chi connectivity index (χ2v) is 7.88. The minimum Gasteiger partial charge on any atom is -0.493 e. The highest BCUT2D eigenvalue weighted by atomic mass is 16.3. The van der Waals surface area contributed by atoms with E-state index in [9.17, 15) is 14.7 Å². The summed E-state index contributed by atoms with van der Waals surface area (Å²) in [5.41, 5.74) is 4.37. The molecule has 4 aromatic rings. The van der Waals surface area contributed by atoms with Gasteiger partial charge in [-0.25, -0.2) is 9.48 Å². The highest BCUT2D eigenvalue weighted by molar-refractivity contribution is 6.01. The van der Waals surface area contributed by atoms with Gasteiger partial charge in [0, 0.05) is 13.6 Å². The van der Waals surface area contributed by atoms with Crippen molar-refractivity contribution in [2.45, 2.75) is 25.9 Å². The van der Waals surface area contributed by atoms with Crippen LogP contribution in [0.25, 0.3) is 22.2 Å². The first-order chi connectivity index (χ1) is 14.5.